The molecule has 2 N–H and O–H groups in total. The summed E-state index contributed by atoms with van der Waals surface area (Å²) in [7, 11) is 0. The molecule has 158 valence electrons. The lowest BCUT2D eigenvalue weighted by Gasteiger charge is -2.21. The van der Waals surface area contributed by atoms with Crippen molar-refractivity contribution in [2.75, 3.05) is 6.54 Å². The first kappa shape index (κ1) is 22.2. The summed E-state index contributed by atoms with van der Waals surface area (Å²) < 4.78 is 46.8. The van der Waals surface area contributed by atoms with Gasteiger partial charge in [-0.25, -0.2) is 4.79 Å². The predicted molar refractivity (Wildman–Crippen MR) is 95.9 cm³/mol. The molecule has 2 aromatic rings. The molecule has 1 atom stereocenters. The largest absolute Gasteiger partial charge is 0.471 e. The smallest absolute Gasteiger partial charge is 0.444 e. The molecule has 0 saturated carbocycles. The van der Waals surface area contributed by atoms with Gasteiger partial charge in [0.1, 0.15) is 5.60 Å². The number of alkyl carbamates (subject to hydrolysis) is 1. The first-order valence-electron chi connectivity index (χ1n) is 8.64. The van der Waals surface area contributed by atoms with Crippen molar-refractivity contribution in [2.45, 2.75) is 45.5 Å². The minimum Gasteiger partial charge on any atom is -0.444 e. The van der Waals surface area contributed by atoms with Gasteiger partial charge in [0, 0.05) is 23.7 Å². The van der Waals surface area contributed by atoms with Crippen molar-refractivity contribution < 1.29 is 32.0 Å². The number of ether oxygens (including phenoxy) is 1. The molecule has 0 aliphatic carbocycles. The molecule has 0 unspecified atom stereocenters. The van der Waals surface area contributed by atoms with Gasteiger partial charge in [-0.15, -0.1) is 0 Å². The molecule has 1 aromatic heterocycles. The molecule has 0 aliphatic rings. The van der Waals surface area contributed by atoms with Crippen LogP contribution in [0.2, 0.25) is 0 Å². The molecule has 1 aromatic carbocycles. The van der Waals surface area contributed by atoms with Crippen molar-refractivity contribution in [1.29, 1.82) is 0 Å². The van der Waals surface area contributed by atoms with Crippen LogP contribution in [0.15, 0.2) is 28.8 Å². The van der Waals surface area contributed by atoms with Gasteiger partial charge in [0.2, 0.25) is 5.82 Å². The van der Waals surface area contributed by atoms with E-state index in [1.165, 1.54) is 24.3 Å². The summed E-state index contributed by atoms with van der Waals surface area (Å²) in [5.41, 5.74) is -0.0874. The van der Waals surface area contributed by atoms with Gasteiger partial charge in [-0.1, -0.05) is 17.3 Å². The monoisotopic (exact) mass is 413 g/mol. The number of aromatic nitrogens is 2. The number of hydrogen-bond acceptors (Lipinski definition) is 6. The topological polar surface area (TPSA) is 106 Å². The summed E-state index contributed by atoms with van der Waals surface area (Å²) in [6.07, 6.45) is -5.32. The molecule has 8 nitrogen and oxygen atoms in total. The maximum Gasteiger partial charge on any atom is 0.471 e. The number of amides is 2. The number of rotatable bonds is 5. The van der Waals surface area contributed by atoms with Gasteiger partial charge in [0.05, 0.1) is 0 Å². The Kier molecular flexibility index (Phi) is 6.50. The predicted octanol–water partition coefficient (Wildman–Crippen LogP) is 3.40. The Morgan fingerprint density at radius 3 is 2.31 bits per heavy atom. The molecule has 0 bridgehead atoms. The van der Waals surface area contributed by atoms with E-state index in [0.717, 1.165) is 0 Å². The number of carbonyl (C=O) groups is 2. The lowest BCUT2D eigenvalue weighted by molar-refractivity contribution is -0.159. The number of nitrogens with zero attached hydrogens (tertiary/aromatic N) is 2. The summed E-state index contributed by atoms with van der Waals surface area (Å²) in [5, 5.41) is 8.52. The van der Waals surface area contributed by atoms with E-state index >= 15 is 0 Å². The summed E-state index contributed by atoms with van der Waals surface area (Å²) >= 11 is 0. The molecule has 2 amide bonds. The highest BCUT2D eigenvalue weighted by molar-refractivity contribution is 5.94. The summed E-state index contributed by atoms with van der Waals surface area (Å²) in [4.78, 5) is 27.2. The van der Waals surface area contributed by atoms with E-state index in [4.69, 9.17) is 4.74 Å². The van der Waals surface area contributed by atoms with Crippen LogP contribution in [-0.4, -0.2) is 40.3 Å². The Balaban J connectivity index is 1.91. The van der Waals surface area contributed by atoms with Crippen LogP contribution in [0, 0.1) is 0 Å². The first-order valence-corrected chi connectivity index (χ1v) is 8.64. The number of carbonyl (C=O) groups excluding carboxylic acids is 2. The van der Waals surface area contributed by atoms with Crippen molar-refractivity contribution in [3.63, 3.8) is 0 Å². The Hall–Kier alpha value is -3.11. The molecule has 0 aliphatic heterocycles. The van der Waals surface area contributed by atoms with Crippen LogP contribution in [-0.2, 0) is 10.9 Å². The molecule has 29 heavy (non-hydrogen) atoms. The molecule has 0 radical (unpaired) electrons. The second kappa shape index (κ2) is 8.50. The molecule has 2 rings (SSSR count). The SMILES string of the molecule is C[C@H](CNC(=O)OC(C)(C)C)NC(=O)c1ccc(-c2noc(C(F)(F)[18F])n2)cc1. The fourth-order valence-electron chi connectivity index (χ4n) is 2.14. The van der Waals surface area contributed by atoms with Gasteiger partial charge in [0.15, 0.2) is 0 Å². The van der Waals surface area contributed by atoms with Crippen molar-refractivity contribution in [2.24, 2.45) is 0 Å². The second-order valence-corrected chi connectivity index (χ2v) is 7.26. The number of alkyl halides is 3. The third-order valence-electron chi connectivity index (χ3n) is 3.40. The summed E-state index contributed by atoms with van der Waals surface area (Å²) in [6.45, 7) is 7.06. The van der Waals surface area contributed by atoms with Gasteiger partial charge < -0.3 is 19.9 Å². The lowest BCUT2D eigenvalue weighted by Crippen LogP contribution is -2.43. The summed E-state index contributed by atoms with van der Waals surface area (Å²) in [6, 6.07) is 5.26. The molecular weight excluding hydrogens is 392 g/mol. The zero-order valence-electron chi connectivity index (χ0n) is 16.3. The average molecular weight is 413 g/mol. The highest BCUT2D eigenvalue weighted by Crippen LogP contribution is 2.29. The highest BCUT2D eigenvalue weighted by atomic mass is 19.3. The number of nitrogens with one attached hydrogen (secondary N) is 2. The van der Waals surface area contributed by atoms with Crippen LogP contribution >= 0.6 is 0 Å². The van der Waals surface area contributed by atoms with Crippen LogP contribution in [0.25, 0.3) is 11.4 Å². The van der Waals surface area contributed by atoms with Gasteiger partial charge in [-0.05, 0) is 39.8 Å². The Bertz CT molecular complexity index is 857. The molecule has 11 heteroatoms. The van der Waals surface area contributed by atoms with E-state index in [-0.39, 0.29) is 29.5 Å². The van der Waals surface area contributed by atoms with Crippen LogP contribution < -0.4 is 10.6 Å². The van der Waals surface area contributed by atoms with Crippen LogP contribution in [0.1, 0.15) is 43.9 Å². The van der Waals surface area contributed by atoms with Crippen molar-refractivity contribution in [1.82, 2.24) is 20.8 Å². The fourth-order valence-corrected chi connectivity index (χ4v) is 2.14. The minimum atomic E-state index is -4.73. The van der Waals surface area contributed by atoms with Crippen molar-refractivity contribution in [3.8, 4) is 11.4 Å². The maximum atomic E-state index is 12.5. The van der Waals surface area contributed by atoms with E-state index in [1.54, 1.807) is 27.7 Å². The Labute approximate surface area is 164 Å². The number of halogens is 3. The van der Waals surface area contributed by atoms with E-state index in [0.29, 0.717) is 0 Å². The van der Waals surface area contributed by atoms with Crippen molar-refractivity contribution >= 4 is 12.0 Å². The van der Waals surface area contributed by atoms with Crippen LogP contribution in [0.5, 0.6) is 0 Å². The van der Waals surface area contributed by atoms with Crippen LogP contribution in [0.4, 0.5) is 18.0 Å². The van der Waals surface area contributed by atoms with Gasteiger partial charge in [-0.3, -0.25) is 4.79 Å². The van der Waals surface area contributed by atoms with E-state index < -0.39 is 29.7 Å². The van der Waals surface area contributed by atoms with E-state index in [9.17, 15) is 22.8 Å². The van der Waals surface area contributed by atoms with Gasteiger partial charge >= 0.3 is 18.2 Å². The zero-order chi connectivity index (χ0) is 21.8. The summed E-state index contributed by atoms with van der Waals surface area (Å²) in [5.74, 6) is -2.10. The molecular formula is C18H21F3N4O4. The number of benzene rings is 1. The molecule has 0 spiro atoms. The van der Waals surface area contributed by atoms with Crippen LogP contribution in [0.3, 0.4) is 0 Å². The quantitative estimate of drug-likeness (QED) is 0.778. The van der Waals surface area contributed by atoms with E-state index in [1.807, 2.05) is 0 Å². The lowest BCUT2D eigenvalue weighted by atomic mass is 10.1. The Morgan fingerprint density at radius 1 is 1.17 bits per heavy atom. The molecule has 1 heterocycles. The second-order valence-electron chi connectivity index (χ2n) is 7.26. The highest BCUT2D eigenvalue weighted by Gasteiger charge is 2.38. The first-order chi connectivity index (χ1) is 13.3. The van der Waals surface area contributed by atoms with E-state index in [2.05, 4.69) is 25.3 Å². The number of hydrogen-bond donors (Lipinski definition) is 2. The van der Waals surface area contributed by atoms with Gasteiger partial charge in [0.25, 0.3) is 5.91 Å². The average Bonchev–Trinajstić information content (AvgIpc) is 3.09. The standard InChI is InChI=1S/C18H21F3N4O4/c1-10(9-22-16(27)28-17(2,3)4)23-14(26)12-7-5-11(6-8-12)13-24-15(29-25-13)18(19,20)21/h5-8,10H,9H2,1-4H3,(H,22,27)(H,23,26)/t10-/m1/s1/i19-1. The molecule has 0 saturated heterocycles. The van der Waals surface area contributed by atoms with Gasteiger partial charge in [-0.2, -0.15) is 18.2 Å². The fraction of sp³-hybridized carbons (Fsp3) is 0.444. The molecule has 0 fully saturated rings. The van der Waals surface area contributed by atoms with Crippen molar-refractivity contribution in [3.05, 3.63) is 35.7 Å². The normalized spacial score (nSPS) is 12.9. The third-order valence-corrected chi connectivity index (χ3v) is 3.40. The third kappa shape index (κ3) is 6.77. The Morgan fingerprint density at radius 2 is 1.79 bits per heavy atom. The zero-order valence-corrected chi connectivity index (χ0v) is 16.3. The maximum absolute atomic E-state index is 12.5. The minimum absolute atomic E-state index is 0.155.